The Morgan fingerprint density at radius 3 is 2.00 bits per heavy atom. The molecule has 0 aromatic carbocycles. The van der Waals surface area contributed by atoms with Crippen molar-refractivity contribution in [2.75, 3.05) is 7.05 Å². The van der Waals surface area contributed by atoms with E-state index in [0.717, 1.165) is 6.04 Å². The minimum atomic E-state index is 0.528. The molecule has 0 atom stereocenters. The second kappa shape index (κ2) is 4.86. The Labute approximate surface area is 95.2 Å². The van der Waals surface area contributed by atoms with Gasteiger partial charge in [-0.05, 0) is 39.7 Å². The highest BCUT2D eigenvalue weighted by atomic mass is 15.2. The fourth-order valence-electron chi connectivity index (χ4n) is 3.58. The molecular weight excluding hydrogens is 182 g/mol. The predicted octanol–water partition coefficient (Wildman–Crippen LogP) is 3.97. The molecule has 0 saturated heterocycles. The van der Waals surface area contributed by atoms with E-state index >= 15 is 0 Å². The molecule has 2 fully saturated rings. The molecule has 0 radical (unpaired) electrons. The number of hydrogen-bond acceptors (Lipinski definition) is 1. The highest BCUT2D eigenvalue weighted by molar-refractivity contribution is 4.91. The van der Waals surface area contributed by atoms with Crippen LogP contribution in [-0.4, -0.2) is 23.5 Å². The molecule has 0 amide bonds. The van der Waals surface area contributed by atoms with E-state index in [1.807, 2.05) is 0 Å². The zero-order valence-corrected chi connectivity index (χ0v) is 10.6. The number of nitrogens with zero attached hydrogens (tertiary/aromatic N) is 1. The van der Waals surface area contributed by atoms with E-state index in [9.17, 15) is 0 Å². The summed E-state index contributed by atoms with van der Waals surface area (Å²) < 4.78 is 0. The van der Waals surface area contributed by atoms with Crippen LogP contribution < -0.4 is 0 Å². The van der Waals surface area contributed by atoms with Crippen LogP contribution in [0.4, 0.5) is 0 Å². The molecule has 2 rings (SSSR count). The normalized spacial score (nSPS) is 28.2. The maximum absolute atomic E-state index is 2.74. The van der Waals surface area contributed by atoms with Crippen molar-refractivity contribution in [3.8, 4) is 0 Å². The van der Waals surface area contributed by atoms with Crippen molar-refractivity contribution in [2.45, 2.75) is 82.7 Å². The first-order chi connectivity index (χ1) is 7.22. The molecule has 0 spiro atoms. The Morgan fingerprint density at radius 1 is 0.867 bits per heavy atom. The van der Waals surface area contributed by atoms with Crippen molar-refractivity contribution < 1.29 is 0 Å². The van der Waals surface area contributed by atoms with E-state index in [1.165, 1.54) is 64.2 Å². The third kappa shape index (κ3) is 2.55. The van der Waals surface area contributed by atoms with Crippen molar-refractivity contribution in [3.05, 3.63) is 0 Å². The molecule has 2 saturated carbocycles. The second-order valence-electron chi connectivity index (χ2n) is 5.96. The number of rotatable bonds is 2. The first-order valence-corrected chi connectivity index (χ1v) is 6.95. The van der Waals surface area contributed by atoms with Gasteiger partial charge in [0.1, 0.15) is 0 Å². The lowest BCUT2D eigenvalue weighted by Crippen LogP contribution is -2.51. The summed E-state index contributed by atoms with van der Waals surface area (Å²) in [6.45, 7) is 2.50. The smallest absolute Gasteiger partial charge is 0.0181 e. The lowest BCUT2D eigenvalue weighted by Gasteiger charge is -2.47. The Kier molecular flexibility index (Phi) is 3.71. The van der Waals surface area contributed by atoms with Gasteiger partial charge in [0.2, 0.25) is 0 Å². The monoisotopic (exact) mass is 209 g/mol. The van der Waals surface area contributed by atoms with E-state index in [0.29, 0.717) is 5.54 Å². The van der Waals surface area contributed by atoms with Crippen molar-refractivity contribution >= 4 is 0 Å². The quantitative estimate of drug-likeness (QED) is 0.665. The Hall–Kier alpha value is -0.0400. The van der Waals surface area contributed by atoms with Gasteiger partial charge in [-0.1, -0.05) is 38.5 Å². The first kappa shape index (κ1) is 11.4. The summed E-state index contributed by atoms with van der Waals surface area (Å²) in [5, 5.41) is 0. The predicted molar refractivity (Wildman–Crippen MR) is 66.1 cm³/mol. The Morgan fingerprint density at radius 2 is 1.40 bits per heavy atom. The zero-order chi connectivity index (χ0) is 10.7. The van der Waals surface area contributed by atoms with Crippen LogP contribution >= 0.6 is 0 Å². The van der Waals surface area contributed by atoms with E-state index in [2.05, 4.69) is 18.9 Å². The third-order valence-electron chi connectivity index (χ3n) is 4.90. The molecule has 88 valence electrons. The summed E-state index contributed by atoms with van der Waals surface area (Å²) in [5.41, 5.74) is 0.528. The van der Waals surface area contributed by atoms with Crippen LogP contribution in [-0.2, 0) is 0 Å². The molecule has 0 unspecified atom stereocenters. The maximum Gasteiger partial charge on any atom is 0.0181 e. The maximum atomic E-state index is 2.74. The van der Waals surface area contributed by atoms with Crippen LogP contribution in [0.3, 0.4) is 0 Å². The van der Waals surface area contributed by atoms with Gasteiger partial charge >= 0.3 is 0 Å². The van der Waals surface area contributed by atoms with Crippen LogP contribution in [0, 0.1) is 0 Å². The van der Waals surface area contributed by atoms with Crippen LogP contribution in [0.5, 0.6) is 0 Å². The molecule has 1 nitrogen and oxygen atoms in total. The van der Waals surface area contributed by atoms with E-state index in [-0.39, 0.29) is 0 Å². The van der Waals surface area contributed by atoms with Gasteiger partial charge in [-0.3, -0.25) is 4.90 Å². The largest absolute Gasteiger partial charge is 0.298 e. The topological polar surface area (TPSA) is 3.24 Å². The lowest BCUT2D eigenvalue weighted by molar-refractivity contribution is 0.0362. The van der Waals surface area contributed by atoms with Gasteiger partial charge in [0.15, 0.2) is 0 Å². The van der Waals surface area contributed by atoms with E-state index in [4.69, 9.17) is 0 Å². The zero-order valence-electron chi connectivity index (χ0n) is 10.6. The summed E-state index contributed by atoms with van der Waals surface area (Å²) in [6, 6.07) is 0.891. The summed E-state index contributed by atoms with van der Waals surface area (Å²) in [5.74, 6) is 0. The summed E-state index contributed by atoms with van der Waals surface area (Å²) in [7, 11) is 2.39. The van der Waals surface area contributed by atoms with E-state index < -0.39 is 0 Å². The Bertz CT molecular complexity index is 188. The summed E-state index contributed by atoms with van der Waals surface area (Å²) >= 11 is 0. The van der Waals surface area contributed by atoms with Crippen molar-refractivity contribution in [2.24, 2.45) is 0 Å². The first-order valence-electron chi connectivity index (χ1n) is 6.95. The fraction of sp³-hybridized carbons (Fsp3) is 1.00. The minimum absolute atomic E-state index is 0.528. The molecule has 0 bridgehead atoms. The molecule has 0 aliphatic heterocycles. The fourth-order valence-corrected chi connectivity index (χ4v) is 3.58. The molecule has 1 heteroatoms. The second-order valence-corrected chi connectivity index (χ2v) is 5.96. The SMILES string of the molecule is CN(C1CCCCC1)C1(C)CCCCC1. The molecule has 0 aromatic rings. The van der Waals surface area contributed by atoms with Gasteiger partial charge in [0, 0.05) is 11.6 Å². The molecule has 15 heavy (non-hydrogen) atoms. The van der Waals surface area contributed by atoms with Gasteiger partial charge < -0.3 is 0 Å². The summed E-state index contributed by atoms with van der Waals surface area (Å²) in [6.07, 6.45) is 14.5. The average Bonchev–Trinajstić information content (AvgIpc) is 2.30. The molecular formula is C14H27N. The molecule has 2 aliphatic rings. The van der Waals surface area contributed by atoms with Crippen molar-refractivity contribution in [1.82, 2.24) is 4.90 Å². The molecule has 0 heterocycles. The van der Waals surface area contributed by atoms with Crippen LogP contribution in [0.2, 0.25) is 0 Å². The van der Waals surface area contributed by atoms with Crippen LogP contribution in [0.15, 0.2) is 0 Å². The standard InChI is InChI=1S/C14H27N/c1-14(11-7-4-8-12-14)15(2)13-9-5-3-6-10-13/h13H,3-12H2,1-2H3. The molecule has 2 aliphatic carbocycles. The number of hydrogen-bond donors (Lipinski definition) is 0. The van der Waals surface area contributed by atoms with Crippen LogP contribution in [0.1, 0.15) is 71.1 Å². The van der Waals surface area contributed by atoms with Gasteiger partial charge in [-0.15, -0.1) is 0 Å². The van der Waals surface area contributed by atoms with Crippen molar-refractivity contribution in [1.29, 1.82) is 0 Å². The Balaban J connectivity index is 1.94. The highest BCUT2D eigenvalue weighted by Gasteiger charge is 2.34. The highest BCUT2D eigenvalue weighted by Crippen LogP contribution is 2.36. The lowest BCUT2D eigenvalue weighted by atomic mass is 9.80. The van der Waals surface area contributed by atoms with E-state index in [1.54, 1.807) is 0 Å². The average molecular weight is 209 g/mol. The minimum Gasteiger partial charge on any atom is -0.298 e. The van der Waals surface area contributed by atoms with Crippen LogP contribution in [0.25, 0.3) is 0 Å². The van der Waals surface area contributed by atoms with Gasteiger partial charge in [-0.25, -0.2) is 0 Å². The third-order valence-corrected chi connectivity index (χ3v) is 4.90. The van der Waals surface area contributed by atoms with Crippen molar-refractivity contribution in [3.63, 3.8) is 0 Å². The van der Waals surface area contributed by atoms with Gasteiger partial charge in [0.05, 0.1) is 0 Å². The summed E-state index contributed by atoms with van der Waals surface area (Å²) in [4.78, 5) is 2.74. The molecule has 0 aromatic heterocycles. The van der Waals surface area contributed by atoms with Gasteiger partial charge in [0.25, 0.3) is 0 Å². The molecule has 0 N–H and O–H groups in total. The van der Waals surface area contributed by atoms with Gasteiger partial charge in [-0.2, -0.15) is 0 Å².